The molecule has 2 aromatic rings. The van der Waals surface area contributed by atoms with Crippen molar-refractivity contribution in [1.29, 1.82) is 0 Å². The number of fused-ring (bicyclic) bond motifs is 2. The third-order valence-electron chi connectivity index (χ3n) is 12.9. The molecule has 208 valence electrons. The smallest absolute Gasteiger partial charge is 0.0746 e. The van der Waals surface area contributed by atoms with Crippen LogP contribution in [0.5, 0.6) is 0 Å². The minimum Gasteiger partial charge on any atom is -0.389 e. The van der Waals surface area contributed by atoms with Gasteiger partial charge in [0.25, 0.3) is 0 Å². The van der Waals surface area contributed by atoms with Crippen LogP contribution in [-0.4, -0.2) is 46.9 Å². The van der Waals surface area contributed by atoms with Crippen LogP contribution in [0.25, 0.3) is 0 Å². The molecule has 5 saturated carbocycles. The van der Waals surface area contributed by atoms with Gasteiger partial charge in [-0.3, -0.25) is 4.90 Å². The zero-order valence-corrected chi connectivity index (χ0v) is 23.7. The van der Waals surface area contributed by atoms with Gasteiger partial charge in [-0.15, -0.1) is 0 Å². The van der Waals surface area contributed by atoms with Crippen LogP contribution in [0.4, 0.5) is 0 Å². The van der Waals surface area contributed by atoms with Crippen LogP contribution < -0.4 is 0 Å². The normalized spacial score (nSPS) is 47.4. The van der Waals surface area contributed by atoms with Crippen LogP contribution in [0, 0.1) is 40.4 Å². The molecule has 4 heteroatoms. The molecule has 6 fully saturated rings. The van der Waals surface area contributed by atoms with Crippen molar-refractivity contribution in [2.75, 3.05) is 13.1 Å². The zero-order chi connectivity index (χ0) is 26.4. The van der Waals surface area contributed by atoms with E-state index in [-0.39, 0.29) is 23.5 Å². The average Bonchev–Trinajstić information content (AvgIpc) is 3.41. The Labute approximate surface area is 234 Å². The van der Waals surface area contributed by atoms with Crippen molar-refractivity contribution in [2.24, 2.45) is 40.4 Å². The Bertz CT molecular complexity index is 1200. The van der Waals surface area contributed by atoms with Gasteiger partial charge in [0, 0.05) is 29.8 Å². The number of hydrogen-bond donors (Lipinski definition) is 1. The second-order valence-electron chi connectivity index (χ2n) is 14.3. The lowest BCUT2D eigenvalue weighted by molar-refractivity contribution is -0.273. The number of piperidine rings is 1. The Hall–Kier alpha value is -1.72. The molecule has 8 rings (SSSR count). The number of hydrogen-bond acceptors (Lipinski definition) is 4. The molecule has 1 spiro atoms. The summed E-state index contributed by atoms with van der Waals surface area (Å²) in [5.74, 6) is 2.21. The van der Waals surface area contributed by atoms with Crippen molar-refractivity contribution in [3.8, 4) is 0 Å². The molecule has 4 unspecified atom stereocenters. The first kappa shape index (κ1) is 25.0. The number of ether oxygens (including phenoxy) is 2. The molecule has 2 aromatic carbocycles. The van der Waals surface area contributed by atoms with Crippen molar-refractivity contribution < 1.29 is 14.6 Å². The first-order valence-electron chi connectivity index (χ1n) is 15.8. The maximum Gasteiger partial charge on any atom is 0.0746 e. The molecule has 0 radical (unpaired) electrons. The first-order chi connectivity index (χ1) is 19.0. The monoisotopic (exact) mass is 527 g/mol. The molecule has 11 atom stereocenters. The van der Waals surface area contributed by atoms with Crippen LogP contribution >= 0.6 is 0 Å². The van der Waals surface area contributed by atoms with Gasteiger partial charge < -0.3 is 14.6 Å². The first-order valence-corrected chi connectivity index (χ1v) is 15.8. The van der Waals surface area contributed by atoms with Crippen molar-refractivity contribution in [1.82, 2.24) is 4.90 Å². The van der Waals surface area contributed by atoms with E-state index in [2.05, 4.69) is 79.4 Å². The van der Waals surface area contributed by atoms with Gasteiger partial charge in [0.2, 0.25) is 0 Å². The van der Waals surface area contributed by atoms with E-state index < -0.39 is 5.60 Å². The summed E-state index contributed by atoms with van der Waals surface area (Å²) in [7, 11) is 0. The van der Waals surface area contributed by atoms with Gasteiger partial charge in [-0.05, 0) is 79.4 Å². The molecule has 4 nitrogen and oxygen atoms in total. The Balaban J connectivity index is 1.20. The molecule has 5 aliphatic carbocycles. The van der Waals surface area contributed by atoms with Crippen LogP contribution in [-0.2, 0) is 22.7 Å². The Morgan fingerprint density at radius 1 is 0.872 bits per heavy atom. The topological polar surface area (TPSA) is 41.9 Å². The minimum atomic E-state index is -0.616. The molecule has 0 aromatic heterocycles. The average molecular weight is 528 g/mol. The van der Waals surface area contributed by atoms with Gasteiger partial charge in [0.05, 0.1) is 31.0 Å². The highest BCUT2D eigenvalue weighted by atomic mass is 16.5. The molecule has 7 bridgehead atoms. The fraction of sp³-hybridized carbons (Fsp3) is 0.657. The zero-order valence-electron chi connectivity index (χ0n) is 23.7. The van der Waals surface area contributed by atoms with Crippen molar-refractivity contribution in [3.05, 3.63) is 71.8 Å². The summed E-state index contributed by atoms with van der Waals surface area (Å²) in [6.45, 7) is 8.54. The van der Waals surface area contributed by atoms with E-state index in [1.807, 2.05) is 0 Å². The number of rotatable bonds is 7. The third-order valence-corrected chi connectivity index (χ3v) is 12.9. The summed E-state index contributed by atoms with van der Waals surface area (Å²) in [5, 5.41) is 12.8. The third kappa shape index (κ3) is 3.32. The molecule has 1 saturated heterocycles. The van der Waals surface area contributed by atoms with Crippen molar-refractivity contribution in [2.45, 2.75) is 89.4 Å². The predicted molar refractivity (Wildman–Crippen MR) is 152 cm³/mol. The van der Waals surface area contributed by atoms with E-state index in [1.165, 1.54) is 36.9 Å². The summed E-state index contributed by atoms with van der Waals surface area (Å²) in [4.78, 5) is 2.81. The lowest BCUT2D eigenvalue weighted by atomic mass is 9.43. The summed E-state index contributed by atoms with van der Waals surface area (Å²) in [6, 6.07) is 21.8. The van der Waals surface area contributed by atoms with Gasteiger partial charge >= 0.3 is 0 Å². The molecule has 1 N–H and O–H groups in total. The Morgan fingerprint density at radius 2 is 1.56 bits per heavy atom. The van der Waals surface area contributed by atoms with E-state index in [0.29, 0.717) is 48.3 Å². The van der Waals surface area contributed by atoms with Gasteiger partial charge in [-0.25, -0.2) is 0 Å². The largest absolute Gasteiger partial charge is 0.389 e. The molecular formula is C35H45NO3. The summed E-state index contributed by atoms with van der Waals surface area (Å²) < 4.78 is 14.0. The standard InChI is InChI=1S/C35H45NO3/c1-3-36-22-33(2)16-15-29(38-20-23-10-6-4-7-11-23)35-26-18-25-14-17-34(37,27(32(35)36)19-28(33)35)30(26)31(25)39-21-24-12-8-5-9-13-24/h4-13,25-32,37H,3,14-22H2,1-2H3/t25-,26?,27?,28+,29-,30?,31-,32-,33-,34-,35?/m0/s1. The van der Waals surface area contributed by atoms with Crippen LogP contribution in [0.3, 0.4) is 0 Å². The maximum absolute atomic E-state index is 12.8. The molecule has 6 aliphatic rings. The van der Waals surface area contributed by atoms with Gasteiger partial charge in [0.15, 0.2) is 0 Å². The second-order valence-corrected chi connectivity index (χ2v) is 14.3. The Kier molecular flexibility index (Phi) is 5.70. The highest BCUT2D eigenvalue weighted by Crippen LogP contribution is 2.79. The lowest BCUT2D eigenvalue weighted by Crippen LogP contribution is -2.75. The highest BCUT2D eigenvalue weighted by molar-refractivity contribution is 5.32. The van der Waals surface area contributed by atoms with E-state index >= 15 is 0 Å². The maximum atomic E-state index is 12.8. The summed E-state index contributed by atoms with van der Waals surface area (Å²) in [5.41, 5.74) is 2.32. The highest BCUT2D eigenvalue weighted by Gasteiger charge is 2.82. The number of aliphatic hydroxyl groups is 1. The predicted octanol–water partition coefficient (Wildman–Crippen LogP) is 6.07. The molecular weight excluding hydrogens is 482 g/mol. The van der Waals surface area contributed by atoms with Crippen molar-refractivity contribution in [3.63, 3.8) is 0 Å². The number of nitrogens with zero attached hydrogens (tertiary/aromatic N) is 1. The SMILES string of the molecule is CCN1C[C@]2(C)CC[C@H](OCc3ccccc3)C34C5C[C@@H]6CC[C@@](O)(C5[C@H]6OCc5ccccc5)C(C[C@@H]32)[C@H]14. The van der Waals surface area contributed by atoms with Gasteiger partial charge in [0.1, 0.15) is 0 Å². The molecule has 1 heterocycles. The lowest BCUT2D eigenvalue weighted by Gasteiger charge is -2.69. The fourth-order valence-corrected chi connectivity index (χ4v) is 11.7. The van der Waals surface area contributed by atoms with E-state index in [1.54, 1.807) is 0 Å². The number of likely N-dealkylation sites (tertiary alicyclic amines) is 1. The van der Waals surface area contributed by atoms with Gasteiger partial charge in [-0.1, -0.05) is 74.5 Å². The van der Waals surface area contributed by atoms with Crippen molar-refractivity contribution >= 4 is 0 Å². The summed E-state index contributed by atoms with van der Waals surface area (Å²) in [6.07, 6.45) is 7.23. The fourth-order valence-electron chi connectivity index (χ4n) is 11.7. The quantitative estimate of drug-likeness (QED) is 0.474. The molecule has 0 amide bonds. The van der Waals surface area contributed by atoms with E-state index in [4.69, 9.17) is 9.47 Å². The second kappa shape index (κ2) is 8.89. The van der Waals surface area contributed by atoms with E-state index in [0.717, 1.165) is 25.8 Å². The van der Waals surface area contributed by atoms with Crippen LogP contribution in [0.15, 0.2) is 60.7 Å². The summed E-state index contributed by atoms with van der Waals surface area (Å²) >= 11 is 0. The molecule has 1 aliphatic heterocycles. The molecule has 39 heavy (non-hydrogen) atoms. The number of benzene rings is 2. The van der Waals surface area contributed by atoms with Crippen LogP contribution in [0.2, 0.25) is 0 Å². The van der Waals surface area contributed by atoms with E-state index in [9.17, 15) is 5.11 Å². The van der Waals surface area contributed by atoms with Crippen LogP contribution in [0.1, 0.15) is 63.5 Å². The minimum absolute atomic E-state index is 0.116. The Morgan fingerprint density at radius 3 is 2.26 bits per heavy atom. The van der Waals surface area contributed by atoms with Gasteiger partial charge in [-0.2, -0.15) is 0 Å².